The molecule has 3 rings (SSSR count). The van der Waals surface area contributed by atoms with Crippen LogP contribution in [0.15, 0.2) is 24.5 Å². The Bertz CT molecular complexity index is 650. The monoisotopic (exact) mass is 287 g/mol. The van der Waals surface area contributed by atoms with E-state index in [2.05, 4.69) is 24.1 Å². The summed E-state index contributed by atoms with van der Waals surface area (Å²) in [5.74, 6) is -0.710. The average molecular weight is 287 g/mol. The highest BCUT2D eigenvalue weighted by molar-refractivity contribution is 5.67. The maximum absolute atomic E-state index is 11.0. The lowest BCUT2D eigenvalue weighted by Gasteiger charge is -2.34. The average Bonchev–Trinajstić information content (AvgIpc) is 2.84. The number of imidazole rings is 1. The van der Waals surface area contributed by atoms with Crippen LogP contribution in [0.25, 0.3) is 5.65 Å². The smallest absolute Gasteiger partial charge is 0.304 e. The highest BCUT2D eigenvalue weighted by Crippen LogP contribution is 2.22. The van der Waals surface area contributed by atoms with Crippen LogP contribution in [0, 0.1) is 6.92 Å². The zero-order valence-electron chi connectivity index (χ0n) is 12.3. The minimum atomic E-state index is -0.710. The Hall–Kier alpha value is -1.88. The molecule has 1 atom stereocenters. The van der Waals surface area contributed by atoms with Crippen molar-refractivity contribution < 1.29 is 9.90 Å². The second kappa shape index (κ2) is 5.85. The molecule has 1 aliphatic heterocycles. The van der Waals surface area contributed by atoms with Crippen LogP contribution in [-0.4, -0.2) is 37.9 Å². The Morgan fingerprint density at radius 1 is 1.48 bits per heavy atom. The summed E-state index contributed by atoms with van der Waals surface area (Å²) in [6.45, 7) is 3.75. The van der Waals surface area contributed by atoms with Gasteiger partial charge in [0.2, 0.25) is 0 Å². The highest BCUT2D eigenvalue weighted by atomic mass is 16.4. The number of carboxylic acids is 1. The molecule has 5 nitrogen and oxygen atoms in total. The van der Waals surface area contributed by atoms with Crippen molar-refractivity contribution in [2.75, 3.05) is 6.54 Å². The first-order valence-electron chi connectivity index (χ1n) is 7.52. The lowest BCUT2D eigenvalue weighted by atomic mass is 9.99. The Balaban J connectivity index is 1.79. The van der Waals surface area contributed by atoms with Crippen molar-refractivity contribution in [1.82, 2.24) is 14.3 Å². The van der Waals surface area contributed by atoms with Crippen LogP contribution in [0.2, 0.25) is 0 Å². The molecule has 0 aromatic carbocycles. The van der Waals surface area contributed by atoms with Crippen LogP contribution < -0.4 is 0 Å². The first-order valence-corrected chi connectivity index (χ1v) is 7.52. The molecule has 0 radical (unpaired) electrons. The van der Waals surface area contributed by atoms with Crippen LogP contribution in [0.3, 0.4) is 0 Å². The number of aryl methyl sites for hydroxylation is 1. The second-order valence-corrected chi connectivity index (χ2v) is 5.87. The number of fused-ring (bicyclic) bond motifs is 1. The molecule has 0 saturated carbocycles. The Morgan fingerprint density at radius 2 is 2.33 bits per heavy atom. The van der Waals surface area contributed by atoms with Gasteiger partial charge in [0.15, 0.2) is 0 Å². The van der Waals surface area contributed by atoms with Crippen molar-refractivity contribution in [2.24, 2.45) is 0 Å². The molecule has 1 N–H and O–H groups in total. The van der Waals surface area contributed by atoms with Crippen molar-refractivity contribution in [3.05, 3.63) is 35.8 Å². The van der Waals surface area contributed by atoms with Gasteiger partial charge in [-0.25, -0.2) is 4.98 Å². The molecule has 1 aliphatic rings. The van der Waals surface area contributed by atoms with E-state index in [-0.39, 0.29) is 12.5 Å². The fraction of sp³-hybridized carbons (Fsp3) is 0.500. The number of pyridine rings is 1. The molecule has 2 aromatic heterocycles. The van der Waals surface area contributed by atoms with Gasteiger partial charge in [0.05, 0.1) is 12.1 Å². The molecule has 0 aliphatic carbocycles. The maximum Gasteiger partial charge on any atom is 0.304 e. The first-order chi connectivity index (χ1) is 10.1. The Labute approximate surface area is 124 Å². The van der Waals surface area contributed by atoms with E-state index < -0.39 is 5.97 Å². The molecule has 2 aromatic rings. The topological polar surface area (TPSA) is 57.8 Å². The molecule has 0 spiro atoms. The lowest BCUT2D eigenvalue weighted by molar-refractivity contribution is -0.138. The summed E-state index contributed by atoms with van der Waals surface area (Å²) in [7, 11) is 0. The van der Waals surface area contributed by atoms with Gasteiger partial charge in [-0.05, 0) is 37.9 Å². The predicted molar refractivity (Wildman–Crippen MR) is 80.2 cm³/mol. The summed E-state index contributed by atoms with van der Waals surface area (Å²) < 4.78 is 2.04. The second-order valence-electron chi connectivity index (χ2n) is 5.87. The maximum atomic E-state index is 11.0. The van der Waals surface area contributed by atoms with Gasteiger partial charge in [0.1, 0.15) is 5.65 Å². The third-order valence-electron chi connectivity index (χ3n) is 4.25. The van der Waals surface area contributed by atoms with Gasteiger partial charge >= 0.3 is 5.97 Å². The minimum Gasteiger partial charge on any atom is -0.481 e. The Kier molecular flexibility index (Phi) is 3.92. The molecule has 1 fully saturated rings. The Morgan fingerprint density at radius 3 is 3.10 bits per heavy atom. The van der Waals surface area contributed by atoms with Crippen LogP contribution in [-0.2, 0) is 11.3 Å². The van der Waals surface area contributed by atoms with Crippen molar-refractivity contribution >= 4 is 11.6 Å². The zero-order chi connectivity index (χ0) is 14.8. The fourth-order valence-corrected chi connectivity index (χ4v) is 3.19. The van der Waals surface area contributed by atoms with Gasteiger partial charge in [-0.2, -0.15) is 0 Å². The van der Waals surface area contributed by atoms with Crippen LogP contribution in [0.5, 0.6) is 0 Å². The molecule has 5 heteroatoms. The summed E-state index contributed by atoms with van der Waals surface area (Å²) in [6, 6.07) is 4.21. The minimum absolute atomic E-state index is 0.141. The molecule has 3 heterocycles. The summed E-state index contributed by atoms with van der Waals surface area (Å²) in [5, 5.41) is 9.05. The number of carboxylic acid groups (broad SMARTS) is 1. The van der Waals surface area contributed by atoms with Crippen molar-refractivity contribution in [2.45, 2.75) is 45.2 Å². The molecule has 0 amide bonds. The number of nitrogens with zero attached hydrogens (tertiary/aromatic N) is 3. The number of aromatic nitrogens is 2. The fourth-order valence-electron chi connectivity index (χ4n) is 3.19. The van der Waals surface area contributed by atoms with E-state index in [1.807, 2.05) is 16.7 Å². The summed E-state index contributed by atoms with van der Waals surface area (Å²) in [4.78, 5) is 18.0. The van der Waals surface area contributed by atoms with Crippen molar-refractivity contribution in [3.8, 4) is 0 Å². The third-order valence-corrected chi connectivity index (χ3v) is 4.25. The number of hydrogen-bond donors (Lipinski definition) is 1. The largest absolute Gasteiger partial charge is 0.481 e. The van der Waals surface area contributed by atoms with Crippen LogP contribution in [0.1, 0.15) is 36.9 Å². The van der Waals surface area contributed by atoms with Gasteiger partial charge in [-0.3, -0.25) is 9.69 Å². The lowest BCUT2D eigenvalue weighted by Crippen LogP contribution is -2.40. The van der Waals surface area contributed by atoms with E-state index >= 15 is 0 Å². The highest BCUT2D eigenvalue weighted by Gasteiger charge is 2.25. The molecule has 21 heavy (non-hydrogen) atoms. The van der Waals surface area contributed by atoms with E-state index in [0.717, 1.165) is 49.3 Å². The van der Waals surface area contributed by atoms with E-state index in [0.29, 0.717) is 0 Å². The van der Waals surface area contributed by atoms with Crippen LogP contribution >= 0.6 is 0 Å². The quantitative estimate of drug-likeness (QED) is 0.938. The predicted octanol–water partition coefficient (Wildman–Crippen LogP) is 2.47. The summed E-state index contributed by atoms with van der Waals surface area (Å²) >= 11 is 0. The number of rotatable bonds is 4. The third kappa shape index (κ3) is 3.08. The van der Waals surface area contributed by atoms with Crippen LogP contribution in [0.4, 0.5) is 0 Å². The molecule has 112 valence electrons. The molecular formula is C16H21N3O2. The number of hydrogen-bond acceptors (Lipinski definition) is 3. The zero-order valence-corrected chi connectivity index (χ0v) is 12.3. The van der Waals surface area contributed by atoms with Gasteiger partial charge in [0.25, 0.3) is 0 Å². The van der Waals surface area contributed by atoms with Gasteiger partial charge in [-0.15, -0.1) is 0 Å². The number of likely N-dealkylation sites (tertiary alicyclic amines) is 1. The van der Waals surface area contributed by atoms with Crippen molar-refractivity contribution in [3.63, 3.8) is 0 Å². The van der Waals surface area contributed by atoms with Gasteiger partial charge in [-0.1, -0.05) is 12.5 Å². The SMILES string of the molecule is Cc1cccn2cc(CN3CCCCC3CC(=O)O)nc12. The number of aliphatic carboxylic acids is 1. The number of piperidine rings is 1. The van der Waals surface area contributed by atoms with E-state index in [1.165, 1.54) is 0 Å². The van der Waals surface area contributed by atoms with E-state index in [9.17, 15) is 4.79 Å². The van der Waals surface area contributed by atoms with Crippen molar-refractivity contribution in [1.29, 1.82) is 0 Å². The summed E-state index contributed by atoms with van der Waals surface area (Å²) in [5.41, 5.74) is 3.16. The van der Waals surface area contributed by atoms with E-state index in [4.69, 9.17) is 10.1 Å². The van der Waals surface area contributed by atoms with Gasteiger partial charge < -0.3 is 9.51 Å². The number of carbonyl (C=O) groups is 1. The molecular weight excluding hydrogens is 266 g/mol. The van der Waals surface area contributed by atoms with Gasteiger partial charge in [0, 0.05) is 25.0 Å². The van der Waals surface area contributed by atoms with E-state index in [1.54, 1.807) is 0 Å². The molecule has 1 unspecified atom stereocenters. The molecule has 0 bridgehead atoms. The first kappa shape index (κ1) is 14.1. The standard InChI is InChI=1S/C16H21N3O2/c1-12-5-4-8-19-11-13(17-16(12)19)10-18-7-3-2-6-14(18)9-15(20)21/h4-5,8,11,14H,2-3,6-7,9-10H2,1H3,(H,20,21). The summed E-state index contributed by atoms with van der Waals surface area (Å²) in [6.07, 6.45) is 7.52. The molecule has 1 saturated heterocycles. The normalized spacial score (nSPS) is 20.0.